The second-order valence-corrected chi connectivity index (χ2v) is 8.53. The third kappa shape index (κ3) is 4.35. The summed E-state index contributed by atoms with van der Waals surface area (Å²) in [6.45, 7) is 11.8. The molecule has 2 fully saturated rings. The topological polar surface area (TPSA) is 54.3 Å². The summed E-state index contributed by atoms with van der Waals surface area (Å²) in [5.41, 5.74) is 0.810. The van der Waals surface area contributed by atoms with Gasteiger partial charge in [-0.1, -0.05) is 26.0 Å². The van der Waals surface area contributed by atoms with Crippen molar-refractivity contribution in [3.8, 4) is 0 Å². The number of hydrogen-bond donors (Lipinski definition) is 0. The SMILES string of the molecule is CC(C)(C)CN1CCC[C@H](n2cc(C(=O)N3CCCCC3)nn2)C1. The fraction of sp³-hybridized carbons (Fsp3) is 0.833. The van der Waals surface area contributed by atoms with Crippen LogP contribution in [0.1, 0.15) is 69.4 Å². The van der Waals surface area contributed by atoms with Gasteiger partial charge in [0, 0.05) is 26.2 Å². The lowest BCUT2D eigenvalue weighted by molar-refractivity contribution is 0.0718. The van der Waals surface area contributed by atoms with Crippen molar-refractivity contribution in [2.45, 2.75) is 58.9 Å². The maximum Gasteiger partial charge on any atom is 0.276 e. The van der Waals surface area contributed by atoms with E-state index < -0.39 is 0 Å². The van der Waals surface area contributed by atoms with Crippen molar-refractivity contribution in [1.29, 1.82) is 0 Å². The number of nitrogens with zero attached hydrogens (tertiary/aromatic N) is 5. The molecule has 2 saturated heterocycles. The van der Waals surface area contributed by atoms with Gasteiger partial charge in [0.2, 0.25) is 0 Å². The first kappa shape index (κ1) is 17.4. The molecule has 1 atom stereocenters. The van der Waals surface area contributed by atoms with Gasteiger partial charge in [-0.25, -0.2) is 4.68 Å². The Labute approximate surface area is 145 Å². The normalized spacial score (nSPS) is 23.5. The lowest BCUT2D eigenvalue weighted by atomic mass is 9.94. The maximum atomic E-state index is 12.5. The van der Waals surface area contributed by atoms with Crippen LogP contribution in [0.15, 0.2) is 6.20 Å². The summed E-state index contributed by atoms with van der Waals surface area (Å²) in [6, 6.07) is 0.330. The van der Waals surface area contributed by atoms with Crippen molar-refractivity contribution in [3.63, 3.8) is 0 Å². The smallest absolute Gasteiger partial charge is 0.276 e. The van der Waals surface area contributed by atoms with Crippen LogP contribution in [-0.4, -0.2) is 63.4 Å². The van der Waals surface area contributed by atoms with Crippen LogP contribution >= 0.6 is 0 Å². The molecule has 0 bridgehead atoms. The van der Waals surface area contributed by atoms with Gasteiger partial charge in [0.05, 0.1) is 12.2 Å². The minimum absolute atomic E-state index is 0.0447. The van der Waals surface area contributed by atoms with Crippen molar-refractivity contribution < 1.29 is 4.79 Å². The number of likely N-dealkylation sites (tertiary alicyclic amines) is 2. The number of hydrogen-bond acceptors (Lipinski definition) is 4. The molecule has 0 unspecified atom stereocenters. The molecule has 0 aromatic carbocycles. The first-order valence-corrected chi connectivity index (χ1v) is 9.36. The van der Waals surface area contributed by atoms with Crippen molar-refractivity contribution >= 4 is 5.91 Å². The van der Waals surface area contributed by atoms with E-state index in [2.05, 4.69) is 36.0 Å². The number of rotatable bonds is 3. The van der Waals surface area contributed by atoms with Gasteiger partial charge in [-0.15, -0.1) is 5.10 Å². The average molecular weight is 333 g/mol. The molecule has 0 spiro atoms. The van der Waals surface area contributed by atoms with Gasteiger partial charge >= 0.3 is 0 Å². The average Bonchev–Trinajstić information content (AvgIpc) is 3.03. The third-order valence-electron chi connectivity index (χ3n) is 4.93. The highest BCUT2D eigenvalue weighted by atomic mass is 16.2. The van der Waals surface area contributed by atoms with Crippen molar-refractivity contribution in [2.24, 2.45) is 5.41 Å². The Bertz CT molecular complexity index is 556. The number of carbonyl (C=O) groups is 1. The molecule has 1 aromatic rings. The molecule has 0 N–H and O–H groups in total. The molecule has 134 valence electrons. The lowest BCUT2D eigenvalue weighted by Crippen LogP contribution is -2.41. The van der Waals surface area contributed by atoms with Crippen molar-refractivity contribution in [3.05, 3.63) is 11.9 Å². The van der Waals surface area contributed by atoms with Crippen LogP contribution in [0.5, 0.6) is 0 Å². The van der Waals surface area contributed by atoms with E-state index in [9.17, 15) is 4.79 Å². The molecule has 6 nitrogen and oxygen atoms in total. The summed E-state index contributed by atoms with van der Waals surface area (Å²) >= 11 is 0. The van der Waals surface area contributed by atoms with Gasteiger partial charge < -0.3 is 9.80 Å². The van der Waals surface area contributed by atoms with Crippen LogP contribution in [0.25, 0.3) is 0 Å². The quantitative estimate of drug-likeness (QED) is 0.853. The molecule has 6 heteroatoms. The Kier molecular flexibility index (Phi) is 5.23. The Morgan fingerprint density at radius 3 is 2.62 bits per heavy atom. The Balaban J connectivity index is 1.63. The summed E-state index contributed by atoms with van der Waals surface area (Å²) in [5.74, 6) is 0.0447. The molecule has 2 aliphatic rings. The minimum Gasteiger partial charge on any atom is -0.337 e. The Hall–Kier alpha value is -1.43. The molecular weight excluding hydrogens is 302 g/mol. The molecule has 1 amide bonds. The molecule has 3 heterocycles. The second kappa shape index (κ2) is 7.21. The largest absolute Gasteiger partial charge is 0.337 e. The van der Waals surface area contributed by atoms with E-state index >= 15 is 0 Å². The number of carbonyl (C=O) groups excluding carboxylic acids is 1. The monoisotopic (exact) mass is 333 g/mol. The molecule has 0 radical (unpaired) electrons. The standard InChI is InChI=1S/C18H31N5O/c1-18(2,3)14-21-9-7-8-15(12-21)23-13-16(19-20-23)17(24)22-10-5-4-6-11-22/h13,15H,4-12,14H2,1-3H3/t15-/m0/s1. The van der Waals surface area contributed by atoms with Gasteiger partial charge in [-0.05, 0) is 44.1 Å². The molecule has 0 saturated carbocycles. The summed E-state index contributed by atoms with van der Waals surface area (Å²) < 4.78 is 1.92. The van der Waals surface area contributed by atoms with E-state index in [0.717, 1.165) is 52.0 Å². The summed E-state index contributed by atoms with van der Waals surface area (Å²) in [7, 11) is 0. The van der Waals surface area contributed by atoms with Gasteiger partial charge in [-0.2, -0.15) is 0 Å². The maximum absolute atomic E-state index is 12.5. The van der Waals surface area contributed by atoms with Gasteiger partial charge in [0.25, 0.3) is 5.91 Å². The van der Waals surface area contributed by atoms with Crippen LogP contribution in [0, 0.1) is 5.41 Å². The highest BCUT2D eigenvalue weighted by Gasteiger charge is 2.27. The van der Waals surface area contributed by atoms with Gasteiger partial charge in [0.1, 0.15) is 0 Å². The highest BCUT2D eigenvalue weighted by molar-refractivity contribution is 5.91. The lowest BCUT2D eigenvalue weighted by Gasteiger charge is -2.36. The summed E-state index contributed by atoms with van der Waals surface area (Å²) in [5, 5.41) is 8.45. The van der Waals surface area contributed by atoms with Gasteiger partial charge in [-0.3, -0.25) is 4.79 Å². The molecule has 3 rings (SSSR count). The van der Waals surface area contributed by atoms with Crippen LogP contribution in [0.2, 0.25) is 0 Å². The van der Waals surface area contributed by atoms with Crippen LogP contribution < -0.4 is 0 Å². The fourth-order valence-corrected chi connectivity index (χ4v) is 3.87. The van der Waals surface area contributed by atoms with Crippen molar-refractivity contribution in [1.82, 2.24) is 24.8 Å². The molecule has 1 aromatic heterocycles. The predicted molar refractivity (Wildman–Crippen MR) is 93.9 cm³/mol. The van der Waals surface area contributed by atoms with E-state index in [0.29, 0.717) is 17.2 Å². The summed E-state index contributed by atoms with van der Waals surface area (Å²) in [6.07, 6.45) is 7.58. The summed E-state index contributed by atoms with van der Waals surface area (Å²) in [4.78, 5) is 17.0. The molecule has 2 aliphatic heterocycles. The van der Waals surface area contributed by atoms with E-state index in [1.807, 2.05) is 15.8 Å². The van der Waals surface area contributed by atoms with Gasteiger partial charge in [0.15, 0.2) is 5.69 Å². The fourth-order valence-electron chi connectivity index (χ4n) is 3.87. The first-order valence-electron chi connectivity index (χ1n) is 9.36. The third-order valence-corrected chi connectivity index (χ3v) is 4.93. The highest BCUT2D eigenvalue weighted by Crippen LogP contribution is 2.24. The Morgan fingerprint density at radius 2 is 1.92 bits per heavy atom. The van der Waals surface area contributed by atoms with E-state index in [1.54, 1.807) is 0 Å². The zero-order valence-electron chi connectivity index (χ0n) is 15.4. The molecule has 0 aliphatic carbocycles. The van der Waals surface area contributed by atoms with Crippen LogP contribution in [-0.2, 0) is 0 Å². The molecular formula is C18H31N5O. The predicted octanol–water partition coefficient (Wildman–Crippen LogP) is 2.59. The first-order chi connectivity index (χ1) is 11.4. The van der Waals surface area contributed by atoms with Crippen LogP contribution in [0.4, 0.5) is 0 Å². The minimum atomic E-state index is 0.0447. The number of aromatic nitrogens is 3. The zero-order chi connectivity index (χ0) is 17.2. The van der Waals surface area contributed by atoms with E-state index in [1.165, 1.54) is 12.8 Å². The number of amides is 1. The second-order valence-electron chi connectivity index (χ2n) is 8.53. The van der Waals surface area contributed by atoms with Crippen molar-refractivity contribution in [2.75, 3.05) is 32.7 Å². The number of piperidine rings is 2. The molecule has 24 heavy (non-hydrogen) atoms. The van der Waals surface area contributed by atoms with E-state index in [4.69, 9.17) is 0 Å². The zero-order valence-corrected chi connectivity index (χ0v) is 15.4. The van der Waals surface area contributed by atoms with E-state index in [-0.39, 0.29) is 5.91 Å². The Morgan fingerprint density at radius 1 is 1.17 bits per heavy atom. The van der Waals surface area contributed by atoms with Crippen LogP contribution in [0.3, 0.4) is 0 Å².